The standard InChI is InChI=1S/C48H80NO8P/c1-6-8-10-12-14-16-18-20-22-23-24-25-27-29-31-33-35-37-39-41-48(51)57-46(45-56-58(52,53)55-43-42-49(3,4)5)44-54-47(50)40-38-36-34-32-30-28-26-21-19-17-15-13-11-9-7-2/h9,11,14-17,20-22,24-26,29,31,35,37,46H,6-8,10,12-13,18-19,23,27-28,30,32-34,36,38-45H2,1-5H3/b11-9+,16-14+,17-15+,22-20+,25-24+,26-21+,31-29+,37-35+/t46-/m1/s1. The van der Waals surface area contributed by atoms with Crippen LogP contribution in [-0.2, 0) is 32.7 Å². The molecule has 0 heterocycles. The van der Waals surface area contributed by atoms with Gasteiger partial charge in [-0.1, -0.05) is 143 Å². The van der Waals surface area contributed by atoms with Crippen LogP contribution in [0.4, 0.5) is 0 Å². The first-order valence-electron chi connectivity index (χ1n) is 21.9. The third kappa shape index (κ3) is 42.5. The Bertz CT molecular complexity index is 1300. The summed E-state index contributed by atoms with van der Waals surface area (Å²) in [5, 5.41) is 0. The number of hydrogen-bond donors (Lipinski definition) is 0. The van der Waals surface area contributed by atoms with Crippen molar-refractivity contribution >= 4 is 19.8 Å². The number of allylic oxidation sites excluding steroid dienone is 16. The zero-order valence-corrected chi connectivity index (χ0v) is 37.8. The highest BCUT2D eigenvalue weighted by atomic mass is 31.2. The maximum Gasteiger partial charge on any atom is 0.306 e. The number of quaternary nitrogens is 1. The Morgan fingerprint density at radius 3 is 1.53 bits per heavy atom. The fourth-order valence-electron chi connectivity index (χ4n) is 5.18. The van der Waals surface area contributed by atoms with Crippen LogP contribution in [0, 0.1) is 0 Å². The number of carbonyl (C=O) groups excluding carboxylic acids is 2. The van der Waals surface area contributed by atoms with Gasteiger partial charge in [-0.2, -0.15) is 0 Å². The van der Waals surface area contributed by atoms with Crippen molar-refractivity contribution in [2.75, 3.05) is 47.5 Å². The Labute approximate surface area is 353 Å². The van der Waals surface area contributed by atoms with Gasteiger partial charge in [0.15, 0.2) is 6.10 Å². The Morgan fingerprint density at radius 2 is 1.02 bits per heavy atom. The monoisotopic (exact) mass is 830 g/mol. The van der Waals surface area contributed by atoms with Crippen LogP contribution in [0.25, 0.3) is 0 Å². The predicted octanol–water partition coefficient (Wildman–Crippen LogP) is 11.9. The van der Waals surface area contributed by atoms with E-state index < -0.39 is 32.5 Å². The molecular weight excluding hydrogens is 750 g/mol. The first-order valence-corrected chi connectivity index (χ1v) is 23.4. The minimum atomic E-state index is -4.66. The molecule has 0 radical (unpaired) electrons. The molecule has 10 heteroatoms. The lowest BCUT2D eigenvalue weighted by molar-refractivity contribution is -0.870. The molecule has 9 nitrogen and oxygen atoms in total. The molecule has 0 N–H and O–H groups in total. The zero-order chi connectivity index (χ0) is 42.8. The second-order valence-electron chi connectivity index (χ2n) is 15.3. The van der Waals surface area contributed by atoms with Gasteiger partial charge in [-0.3, -0.25) is 14.2 Å². The zero-order valence-electron chi connectivity index (χ0n) is 36.9. The molecule has 0 aromatic heterocycles. The highest BCUT2D eigenvalue weighted by Gasteiger charge is 2.21. The molecular formula is C48H80NO8P. The molecule has 0 aliphatic carbocycles. The maximum atomic E-state index is 12.6. The molecule has 0 aromatic rings. The van der Waals surface area contributed by atoms with E-state index in [9.17, 15) is 19.0 Å². The summed E-state index contributed by atoms with van der Waals surface area (Å²) in [6, 6.07) is 0. The molecule has 0 aliphatic heterocycles. The summed E-state index contributed by atoms with van der Waals surface area (Å²) in [4.78, 5) is 37.5. The highest BCUT2D eigenvalue weighted by Crippen LogP contribution is 2.38. The van der Waals surface area contributed by atoms with E-state index in [0.717, 1.165) is 77.0 Å². The third-order valence-corrected chi connectivity index (χ3v) is 9.57. The molecule has 0 aliphatic rings. The van der Waals surface area contributed by atoms with Crippen molar-refractivity contribution in [3.63, 3.8) is 0 Å². The molecule has 0 fully saturated rings. The van der Waals surface area contributed by atoms with Gasteiger partial charge in [-0.15, -0.1) is 0 Å². The van der Waals surface area contributed by atoms with Crippen molar-refractivity contribution in [1.29, 1.82) is 0 Å². The number of esters is 2. The lowest BCUT2D eigenvalue weighted by Crippen LogP contribution is -2.37. The minimum Gasteiger partial charge on any atom is -0.756 e. The predicted molar refractivity (Wildman–Crippen MR) is 240 cm³/mol. The van der Waals surface area contributed by atoms with E-state index >= 15 is 0 Å². The Kier molecular flexibility index (Phi) is 37.3. The summed E-state index contributed by atoms with van der Waals surface area (Å²) < 4.78 is 33.8. The summed E-state index contributed by atoms with van der Waals surface area (Å²) in [5.74, 6) is -0.962. The van der Waals surface area contributed by atoms with Crippen LogP contribution >= 0.6 is 7.82 Å². The van der Waals surface area contributed by atoms with Crippen molar-refractivity contribution in [1.82, 2.24) is 0 Å². The van der Waals surface area contributed by atoms with E-state index in [1.807, 2.05) is 33.3 Å². The van der Waals surface area contributed by atoms with E-state index in [-0.39, 0.29) is 26.1 Å². The van der Waals surface area contributed by atoms with E-state index in [0.29, 0.717) is 23.9 Å². The van der Waals surface area contributed by atoms with Crippen molar-refractivity contribution in [3.8, 4) is 0 Å². The number of rotatable bonds is 38. The van der Waals surface area contributed by atoms with Gasteiger partial charge in [0.05, 0.1) is 27.7 Å². The van der Waals surface area contributed by atoms with Gasteiger partial charge >= 0.3 is 11.9 Å². The van der Waals surface area contributed by atoms with E-state index in [1.54, 1.807) is 0 Å². The van der Waals surface area contributed by atoms with Crippen LogP contribution in [0.5, 0.6) is 0 Å². The minimum absolute atomic E-state index is 0.0527. The molecule has 0 rings (SSSR count). The Hall–Kier alpha value is -3.07. The first-order chi connectivity index (χ1) is 28.0. The molecule has 58 heavy (non-hydrogen) atoms. The molecule has 0 saturated carbocycles. The van der Waals surface area contributed by atoms with Crippen LogP contribution in [0.2, 0.25) is 0 Å². The average Bonchev–Trinajstić information content (AvgIpc) is 3.17. The van der Waals surface area contributed by atoms with Crippen LogP contribution in [0.1, 0.15) is 142 Å². The second-order valence-corrected chi connectivity index (χ2v) is 16.7. The van der Waals surface area contributed by atoms with Gasteiger partial charge in [0.25, 0.3) is 7.82 Å². The molecule has 0 amide bonds. The second kappa shape index (κ2) is 39.4. The summed E-state index contributed by atoms with van der Waals surface area (Å²) in [7, 11) is 1.09. The molecule has 0 aromatic carbocycles. The van der Waals surface area contributed by atoms with E-state index in [4.69, 9.17) is 18.5 Å². The molecule has 0 bridgehead atoms. The van der Waals surface area contributed by atoms with Gasteiger partial charge in [0.2, 0.25) is 0 Å². The SMILES string of the molecule is CC/C=C/C/C=C/C/C=C/CCCCCCCC(=O)OC[C@H](COP(=O)([O-])OCC[N+](C)(C)C)OC(=O)CC/C=C/C/C=C/C/C=C/C/C=C/C/C=C/CCCCC. The third-order valence-electron chi connectivity index (χ3n) is 8.60. The molecule has 330 valence electrons. The van der Waals surface area contributed by atoms with Gasteiger partial charge in [-0.25, -0.2) is 0 Å². The van der Waals surface area contributed by atoms with Crippen molar-refractivity contribution < 1.29 is 42.1 Å². The van der Waals surface area contributed by atoms with E-state index in [2.05, 4.69) is 98.9 Å². The van der Waals surface area contributed by atoms with Crippen molar-refractivity contribution in [3.05, 3.63) is 97.2 Å². The fourth-order valence-corrected chi connectivity index (χ4v) is 5.91. The number of nitrogens with zero attached hydrogens (tertiary/aromatic N) is 1. The number of unbranched alkanes of at least 4 members (excludes halogenated alkanes) is 8. The first kappa shape index (κ1) is 54.9. The van der Waals surface area contributed by atoms with Crippen LogP contribution < -0.4 is 4.89 Å². The smallest absolute Gasteiger partial charge is 0.306 e. The van der Waals surface area contributed by atoms with Gasteiger partial charge < -0.3 is 27.9 Å². The quantitative estimate of drug-likeness (QED) is 0.0199. The van der Waals surface area contributed by atoms with Crippen LogP contribution in [0.3, 0.4) is 0 Å². The number of likely N-dealkylation sites (N-methyl/N-ethyl adjacent to an activating group) is 1. The molecule has 0 saturated heterocycles. The van der Waals surface area contributed by atoms with Crippen LogP contribution in [-0.4, -0.2) is 70.0 Å². The number of ether oxygens (including phenoxy) is 2. The Morgan fingerprint density at radius 1 is 0.552 bits per heavy atom. The van der Waals surface area contributed by atoms with Crippen LogP contribution in [0.15, 0.2) is 97.2 Å². The van der Waals surface area contributed by atoms with Crippen molar-refractivity contribution in [2.24, 2.45) is 0 Å². The number of phosphoric ester groups is 1. The van der Waals surface area contributed by atoms with Crippen molar-refractivity contribution in [2.45, 2.75) is 148 Å². The topological polar surface area (TPSA) is 111 Å². The fraction of sp³-hybridized carbons (Fsp3) is 0.625. The average molecular weight is 830 g/mol. The highest BCUT2D eigenvalue weighted by molar-refractivity contribution is 7.45. The van der Waals surface area contributed by atoms with Gasteiger partial charge in [-0.05, 0) is 83.5 Å². The van der Waals surface area contributed by atoms with Gasteiger partial charge in [0, 0.05) is 12.8 Å². The number of phosphoric acid groups is 1. The largest absolute Gasteiger partial charge is 0.756 e. The molecule has 1 unspecified atom stereocenters. The molecule has 2 atom stereocenters. The number of carbonyl (C=O) groups is 2. The van der Waals surface area contributed by atoms with E-state index in [1.165, 1.54) is 25.7 Å². The lowest BCUT2D eigenvalue weighted by Gasteiger charge is -2.28. The number of hydrogen-bond acceptors (Lipinski definition) is 8. The maximum absolute atomic E-state index is 12.6. The summed E-state index contributed by atoms with van der Waals surface area (Å²) in [6.45, 7) is 3.95. The Balaban J connectivity index is 4.54. The summed E-state index contributed by atoms with van der Waals surface area (Å²) in [6.07, 6.45) is 51.6. The molecule has 0 spiro atoms. The normalized spacial score (nSPS) is 14.5. The summed E-state index contributed by atoms with van der Waals surface area (Å²) >= 11 is 0. The van der Waals surface area contributed by atoms with Gasteiger partial charge in [0.1, 0.15) is 19.8 Å². The lowest BCUT2D eigenvalue weighted by atomic mass is 10.1. The summed E-state index contributed by atoms with van der Waals surface area (Å²) in [5.41, 5.74) is 0.